The standard InChI is InChI=1S/C14H22N2O2S/c1-14(2,3)19(17)16-9-5-6-12(16)11-10-15-8-7-13(11)18-4/h7-8,10,12H,5-6,9H2,1-4H3/t12-,19?/m1/s1. The molecule has 2 rings (SSSR count). The molecule has 2 atom stereocenters. The first kappa shape index (κ1) is 14.5. The fourth-order valence-electron chi connectivity index (χ4n) is 2.43. The lowest BCUT2D eigenvalue weighted by Crippen LogP contribution is -2.37. The van der Waals surface area contributed by atoms with Gasteiger partial charge >= 0.3 is 0 Å². The molecule has 1 fully saturated rings. The number of ether oxygens (including phenoxy) is 1. The molecule has 0 aliphatic carbocycles. The molecular formula is C14H22N2O2S. The average molecular weight is 282 g/mol. The predicted octanol–water partition coefficient (Wildman–Crippen LogP) is 2.69. The lowest BCUT2D eigenvalue weighted by Gasteiger charge is -2.30. The zero-order valence-electron chi connectivity index (χ0n) is 12.0. The van der Waals surface area contributed by atoms with E-state index < -0.39 is 11.0 Å². The van der Waals surface area contributed by atoms with Gasteiger partial charge in [0.25, 0.3) is 0 Å². The predicted molar refractivity (Wildman–Crippen MR) is 77.4 cm³/mol. The van der Waals surface area contributed by atoms with Crippen LogP contribution in [-0.4, -0.2) is 31.9 Å². The smallest absolute Gasteiger partial charge is 0.126 e. The van der Waals surface area contributed by atoms with Gasteiger partial charge in [-0.1, -0.05) is 0 Å². The van der Waals surface area contributed by atoms with E-state index in [9.17, 15) is 4.21 Å². The second-order valence-corrected chi connectivity index (χ2v) is 7.97. The van der Waals surface area contributed by atoms with Gasteiger partial charge < -0.3 is 4.74 Å². The molecule has 0 aromatic carbocycles. The second-order valence-electron chi connectivity index (χ2n) is 5.78. The highest BCUT2D eigenvalue weighted by Crippen LogP contribution is 2.39. The van der Waals surface area contributed by atoms with Gasteiger partial charge in [0.05, 0.1) is 17.9 Å². The molecule has 0 N–H and O–H groups in total. The summed E-state index contributed by atoms with van der Waals surface area (Å²) < 4.78 is 19.9. The summed E-state index contributed by atoms with van der Waals surface area (Å²) in [4.78, 5) is 4.19. The topological polar surface area (TPSA) is 42.4 Å². The molecule has 0 amide bonds. The Balaban J connectivity index is 2.31. The summed E-state index contributed by atoms with van der Waals surface area (Å²) in [6.07, 6.45) is 5.62. The number of methoxy groups -OCH3 is 1. The van der Waals surface area contributed by atoms with Gasteiger partial charge in [0.2, 0.25) is 0 Å². The highest BCUT2D eigenvalue weighted by Gasteiger charge is 2.36. The van der Waals surface area contributed by atoms with E-state index in [1.165, 1.54) is 0 Å². The van der Waals surface area contributed by atoms with E-state index in [1.54, 1.807) is 13.3 Å². The summed E-state index contributed by atoms with van der Waals surface area (Å²) >= 11 is 0. The van der Waals surface area contributed by atoms with E-state index in [-0.39, 0.29) is 10.8 Å². The SMILES string of the molecule is COc1ccncc1[C@H]1CCCN1S(=O)C(C)(C)C. The molecule has 1 unspecified atom stereocenters. The summed E-state index contributed by atoms with van der Waals surface area (Å²) in [7, 11) is 0.662. The van der Waals surface area contributed by atoms with Crippen molar-refractivity contribution in [2.45, 2.75) is 44.4 Å². The molecule has 2 heterocycles. The van der Waals surface area contributed by atoms with Gasteiger partial charge in [0.1, 0.15) is 16.7 Å². The number of aromatic nitrogens is 1. The van der Waals surface area contributed by atoms with E-state index >= 15 is 0 Å². The number of hydrogen-bond donors (Lipinski definition) is 0. The van der Waals surface area contributed by atoms with Gasteiger partial charge in [-0.05, 0) is 39.7 Å². The first-order chi connectivity index (χ1) is 8.95. The molecule has 0 saturated carbocycles. The van der Waals surface area contributed by atoms with Crippen LogP contribution in [0.2, 0.25) is 0 Å². The van der Waals surface area contributed by atoms with Crippen molar-refractivity contribution in [2.24, 2.45) is 0 Å². The molecule has 4 nitrogen and oxygen atoms in total. The maximum absolute atomic E-state index is 12.6. The molecule has 1 saturated heterocycles. The number of hydrogen-bond acceptors (Lipinski definition) is 3. The fraction of sp³-hybridized carbons (Fsp3) is 0.643. The zero-order chi connectivity index (χ0) is 14.0. The quantitative estimate of drug-likeness (QED) is 0.856. The Kier molecular flexibility index (Phi) is 4.26. The third-order valence-electron chi connectivity index (χ3n) is 3.33. The lowest BCUT2D eigenvalue weighted by molar-refractivity contribution is 0.373. The zero-order valence-corrected chi connectivity index (χ0v) is 12.9. The van der Waals surface area contributed by atoms with Gasteiger partial charge in [-0.25, -0.2) is 8.51 Å². The Bertz CT molecular complexity index is 471. The van der Waals surface area contributed by atoms with Crippen LogP contribution >= 0.6 is 0 Å². The van der Waals surface area contributed by atoms with E-state index in [0.29, 0.717) is 0 Å². The van der Waals surface area contributed by atoms with Crippen LogP contribution in [0.5, 0.6) is 5.75 Å². The van der Waals surface area contributed by atoms with Crippen LogP contribution in [0.3, 0.4) is 0 Å². The second kappa shape index (κ2) is 5.59. The van der Waals surface area contributed by atoms with Gasteiger partial charge in [-0.3, -0.25) is 4.98 Å². The maximum Gasteiger partial charge on any atom is 0.126 e. The van der Waals surface area contributed by atoms with E-state index in [1.807, 2.05) is 33.0 Å². The highest BCUT2D eigenvalue weighted by molar-refractivity contribution is 7.84. The lowest BCUT2D eigenvalue weighted by atomic mass is 10.1. The minimum Gasteiger partial charge on any atom is -0.496 e. The molecule has 5 heteroatoms. The van der Waals surface area contributed by atoms with Crippen LogP contribution < -0.4 is 4.74 Å². The van der Waals surface area contributed by atoms with Crippen molar-refractivity contribution in [3.63, 3.8) is 0 Å². The molecule has 1 aromatic rings. The average Bonchev–Trinajstić information content (AvgIpc) is 2.85. The van der Waals surface area contributed by atoms with Crippen molar-refractivity contribution in [1.29, 1.82) is 0 Å². The Morgan fingerprint density at radius 2 is 2.21 bits per heavy atom. The van der Waals surface area contributed by atoms with Crippen molar-refractivity contribution in [1.82, 2.24) is 9.29 Å². The van der Waals surface area contributed by atoms with Crippen molar-refractivity contribution >= 4 is 11.0 Å². The Labute approximate surface area is 117 Å². The van der Waals surface area contributed by atoms with Crippen LogP contribution in [0.15, 0.2) is 18.5 Å². The van der Waals surface area contributed by atoms with Crippen LogP contribution in [0.1, 0.15) is 45.2 Å². The molecule has 0 bridgehead atoms. The Morgan fingerprint density at radius 3 is 2.84 bits per heavy atom. The minimum atomic E-state index is -1.00. The van der Waals surface area contributed by atoms with Gasteiger partial charge in [0.15, 0.2) is 0 Å². The molecule has 1 aliphatic rings. The summed E-state index contributed by atoms with van der Waals surface area (Å²) in [5.41, 5.74) is 1.04. The fourth-order valence-corrected chi connectivity index (χ4v) is 3.88. The van der Waals surface area contributed by atoms with Gasteiger partial charge in [0, 0.05) is 24.5 Å². The van der Waals surface area contributed by atoms with E-state index in [0.717, 1.165) is 30.7 Å². The molecule has 19 heavy (non-hydrogen) atoms. The molecule has 0 radical (unpaired) electrons. The third-order valence-corrected chi connectivity index (χ3v) is 5.24. The third kappa shape index (κ3) is 2.98. The van der Waals surface area contributed by atoms with E-state index in [2.05, 4.69) is 9.29 Å². The highest BCUT2D eigenvalue weighted by atomic mass is 32.2. The van der Waals surface area contributed by atoms with Crippen LogP contribution in [0, 0.1) is 0 Å². The maximum atomic E-state index is 12.6. The molecule has 1 aromatic heterocycles. The van der Waals surface area contributed by atoms with Gasteiger partial charge in [-0.2, -0.15) is 0 Å². The molecular weight excluding hydrogens is 260 g/mol. The molecule has 0 spiro atoms. The van der Waals surface area contributed by atoms with Gasteiger partial charge in [-0.15, -0.1) is 0 Å². The summed E-state index contributed by atoms with van der Waals surface area (Å²) in [6.45, 7) is 6.91. The van der Waals surface area contributed by atoms with E-state index in [4.69, 9.17) is 4.74 Å². The monoisotopic (exact) mass is 282 g/mol. The molecule has 1 aliphatic heterocycles. The normalized spacial score (nSPS) is 22.4. The number of nitrogens with zero attached hydrogens (tertiary/aromatic N) is 2. The Morgan fingerprint density at radius 1 is 1.47 bits per heavy atom. The number of pyridine rings is 1. The summed E-state index contributed by atoms with van der Waals surface area (Å²) in [5.74, 6) is 0.831. The van der Waals surface area contributed by atoms with Crippen molar-refractivity contribution in [3.8, 4) is 5.75 Å². The van der Waals surface area contributed by atoms with Crippen LogP contribution in [-0.2, 0) is 11.0 Å². The summed E-state index contributed by atoms with van der Waals surface area (Å²) in [5, 5.41) is 0. The number of rotatable bonds is 3. The molecule has 106 valence electrons. The van der Waals surface area contributed by atoms with Crippen LogP contribution in [0.25, 0.3) is 0 Å². The first-order valence-corrected chi connectivity index (χ1v) is 7.72. The Hall–Kier alpha value is -0.940. The van der Waals surface area contributed by atoms with Crippen molar-refractivity contribution in [3.05, 3.63) is 24.0 Å². The summed E-state index contributed by atoms with van der Waals surface area (Å²) in [6, 6.07) is 2.01. The largest absolute Gasteiger partial charge is 0.496 e. The van der Waals surface area contributed by atoms with Crippen molar-refractivity contribution in [2.75, 3.05) is 13.7 Å². The first-order valence-electron chi connectivity index (χ1n) is 6.61. The van der Waals surface area contributed by atoms with Crippen LogP contribution in [0.4, 0.5) is 0 Å². The van der Waals surface area contributed by atoms with Crippen molar-refractivity contribution < 1.29 is 8.95 Å². The minimum absolute atomic E-state index is 0.142.